The maximum absolute atomic E-state index is 12.8. The Kier molecular flexibility index (Phi) is 6.36. The minimum atomic E-state index is -0.246. The van der Waals surface area contributed by atoms with E-state index in [2.05, 4.69) is 10.6 Å². The summed E-state index contributed by atoms with van der Waals surface area (Å²) in [5, 5.41) is 5.98. The number of amides is 2. The zero-order valence-electron chi connectivity index (χ0n) is 16.2. The van der Waals surface area contributed by atoms with Crippen LogP contribution in [0, 0.1) is 0 Å². The van der Waals surface area contributed by atoms with Crippen molar-refractivity contribution in [1.29, 1.82) is 0 Å². The molecule has 7 heteroatoms. The first-order valence-electron chi connectivity index (χ1n) is 9.92. The molecule has 2 atom stereocenters. The molecule has 0 saturated carbocycles. The number of para-hydroxylation sites is 1. The van der Waals surface area contributed by atoms with Gasteiger partial charge in [0.1, 0.15) is 16.7 Å². The molecule has 0 spiro atoms. The van der Waals surface area contributed by atoms with Gasteiger partial charge in [-0.2, -0.15) is 0 Å². The summed E-state index contributed by atoms with van der Waals surface area (Å²) in [6.45, 7) is 2.48. The van der Waals surface area contributed by atoms with Crippen molar-refractivity contribution in [2.75, 3.05) is 31.9 Å². The van der Waals surface area contributed by atoms with Gasteiger partial charge in [-0.15, -0.1) is 11.8 Å². The molecule has 0 aliphatic carbocycles. The average molecular weight is 412 g/mol. The number of carbonyl (C=O) groups excluding carboxylic acids is 2. The van der Waals surface area contributed by atoms with E-state index in [1.54, 1.807) is 11.8 Å². The summed E-state index contributed by atoms with van der Waals surface area (Å²) < 4.78 is 5.83. The van der Waals surface area contributed by atoms with Crippen LogP contribution >= 0.6 is 11.8 Å². The number of hydrogen-bond acceptors (Lipinski definition) is 5. The molecule has 29 heavy (non-hydrogen) atoms. The SMILES string of the molecule is O=C1N[C@H](CN2CCNCC2=O)CCS[C@@H]1c1ccc(Oc2ccccc2)cc1. The highest BCUT2D eigenvalue weighted by molar-refractivity contribution is 8.00. The van der Waals surface area contributed by atoms with E-state index >= 15 is 0 Å². The molecule has 2 amide bonds. The molecule has 6 nitrogen and oxygen atoms in total. The Bertz CT molecular complexity index is 844. The van der Waals surface area contributed by atoms with Gasteiger partial charge < -0.3 is 20.3 Å². The second-order valence-corrected chi connectivity index (χ2v) is 8.46. The van der Waals surface area contributed by atoms with E-state index in [4.69, 9.17) is 4.74 Å². The third-order valence-corrected chi connectivity index (χ3v) is 6.42. The van der Waals surface area contributed by atoms with Crippen molar-refractivity contribution in [3.05, 3.63) is 60.2 Å². The van der Waals surface area contributed by atoms with Crippen LogP contribution in [0.25, 0.3) is 0 Å². The normalized spacial score (nSPS) is 22.7. The minimum Gasteiger partial charge on any atom is -0.457 e. The number of hydrogen-bond donors (Lipinski definition) is 2. The largest absolute Gasteiger partial charge is 0.457 e. The van der Waals surface area contributed by atoms with Crippen LogP contribution in [0.2, 0.25) is 0 Å². The topological polar surface area (TPSA) is 70.7 Å². The Morgan fingerprint density at radius 1 is 1.03 bits per heavy atom. The Morgan fingerprint density at radius 3 is 2.55 bits per heavy atom. The first-order chi connectivity index (χ1) is 14.2. The third kappa shape index (κ3) is 5.10. The predicted molar refractivity (Wildman–Crippen MR) is 114 cm³/mol. The van der Waals surface area contributed by atoms with Crippen LogP contribution in [-0.2, 0) is 9.59 Å². The molecule has 2 aliphatic heterocycles. The molecule has 152 valence electrons. The van der Waals surface area contributed by atoms with Gasteiger partial charge in [-0.05, 0) is 42.0 Å². The molecule has 2 aromatic rings. The van der Waals surface area contributed by atoms with Crippen LogP contribution in [0.1, 0.15) is 17.2 Å². The van der Waals surface area contributed by atoms with Gasteiger partial charge in [0.2, 0.25) is 11.8 Å². The predicted octanol–water partition coefficient (Wildman–Crippen LogP) is 2.57. The number of thioether (sulfide) groups is 1. The van der Waals surface area contributed by atoms with Gasteiger partial charge in [-0.3, -0.25) is 9.59 Å². The third-order valence-electron chi connectivity index (χ3n) is 5.13. The Morgan fingerprint density at radius 2 is 1.79 bits per heavy atom. The number of nitrogens with zero attached hydrogens (tertiary/aromatic N) is 1. The first-order valence-corrected chi connectivity index (χ1v) is 11.0. The molecule has 2 fully saturated rings. The van der Waals surface area contributed by atoms with Crippen LogP contribution < -0.4 is 15.4 Å². The second kappa shape index (κ2) is 9.33. The second-order valence-electron chi connectivity index (χ2n) is 7.25. The summed E-state index contributed by atoms with van der Waals surface area (Å²) >= 11 is 1.65. The van der Waals surface area contributed by atoms with Crippen LogP contribution in [0.3, 0.4) is 0 Å². The Balaban J connectivity index is 1.37. The summed E-state index contributed by atoms with van der Waals surface area (Å²) in [7, 11) is 0. The molecule has 2 aliphatic rings. The lowest BCUT2D eigenvalue weighted by Gasteiger charge is -2.31. The number of rotatable bonds is 5. The van der Waals surface area contributed by atoms with Crippen molar-refractivity contribution in [3.63, 3.8) is 0 Å². The van der Waals surface area contributed by atoms with Crippen molar-refractivity contribution in [2.24, 2.45) is 0 Å². The molecule has 4 rings (SSSR count). The minimum absolute atomic E-state index is 0.00253. The highest BCUT2D eigenvalue weighted by atomic mass is 32.2. The lowest BCUT2D eigenvalue weighted by atomic mass is 10.1. The van der Waals surface area contributed by atoms with Gasteiger partial charge >= 0.3 is 0 Å². The lowest BCUT2D eigenvalue weighted by molar-refractivity contribution is -0.133. The molecule has 0 radical (unpaired) electrons. The number of ether oxygens (including phenoxy) is 1. The number of carbonyl (C=O) groups is 2. The van der Waals surface area contributed by atoms with Crippen molar-refractivity contribution < 1.29 is 14.3 Å². The van der Waals surface area contributed by atoms with E-state index in [-0.39, 0.29) is 23.1 Å². The molecule has 0 aromatic heterocycles. The molecule has 0 bridgehead atoms. The smallest absolute Gasteiger partial charge is 0.237 e. The van der Waals surface area contributed by atoms with Crippen molar-refractivity contribution in [2.45, 2.75) is 17.7 Å². The number of piperazine rings is 1. The maximum Gasteiger partial charge on any atom is 0.237 e. The summed E-state index contributed by atoms with van der Waals surface area (Å²) in [4.78, 5) is 26.7. The fourth-order valence-electron chi connectivity index (χ4n) is 3.58. The molecule has 2 heterocycles. The van der Waals surface area contributed by atoms with Gasteiger partial charge in [0.05, 0.1) is 6.54 Å². The van der Waals surface area contributed by atoms with E-state index in [0.717, 1.165) is 35.8 Å². The van der Waals surface area contributed by atoms with Crippen LogP contribution in [0.4, 0.5) is 0 Å². The molecule has 2 saturated heterocycles. The van der Waals surface area contributed by atoms with Crippen LogP contribution in [0.15, 0.2) is 54.6 Å². The summed E-state index contributed by atoms with van der Waals surface area (Å²) in [5.41, 5.74) is 0.965. The zero-order valence-corrected chi connectivity index (χ0v) is 17.0. The van der Waals surface area contributed by atoms with Crippen molar-refractivity contribution in [1.82, 2.24) is 15.5 Å². The Hall–Kier alpha value is -2.51. The van der Waals surface area contributed by atoms with Gasteiger partial charge in [-0.25, -0.2) is 0 Å². The quantitative estimate of drug-likeness (QED) is 0.791. The average Bonchev–Trinajstić information content (AvgIpc) is 2.92. The Labute approximate surface area is 175 Å². The van der Waals surface area contributed by atoms with E-state index in [1.165, 1.54) is 0 Å². The van der Waals surface area contributed by atoms with E-state index < -0.39 is 0 Å². The number of benzene rings is 2. The highest BCUT2D eigenvalue weighted by Gasteiger charge is 2.29. The lowest BCUT2D eigenvalue weighted by Crippen LogP contribution is -2.53. The molecule has 2 N–H and O–H groups in total. The molecule has 0 unspecified atom stereocenters. The maximum atomic E-state index is 12.8. The van der Waals surface area contributed by atoms with Gasteiger partial charge in [0, 0.05) is 25.7 Å². The van der Waals surface area contributed by atoms with Crippen molar-refractivity contribution >= 4 is 23.6 Å². The molecule has 2 aromatic carbocycles. The van der Waals surface area contributed by atoms with Crippen molar-refractivity contribution in [3.8, 4) is 11.5 Å². The molecular formula is C22H25N3O3S. The molecular weight excluding hydrogens is 386 g/mol. The highest BCUT2D eigenvalue weighted by Crippen LogP contribution is 2.33. The van der Waals surface area contributed by atoms with Crippen LogP contribution in [0.5, 0.6) is 11.5 Å². The van der Waals surface area contributed by atoms with Crippen LogP contribution in [-0.4, -0.2) is 54.7 Å². The first kappa shape index (κ1) is 19.8. The van der Waals surface area contributed by atoms with Gasteiger partial charge in [0.25, 0.3) is 0 Å². The van der Waals surface area contributed by atoms with E-state index in [9.17, 15) is 9.59 Å². The monoisotopic (exact) mass is 411 g/mol. The van der Waals surface area contributed by atoms with Gasteiger partial charge in [0.15, 0.2) is 0 Å². The van der Waals surface area contributed by atoms with Gasteiger partial charge in [-0.1, -0.05) is 30.3 Å². The summed E-state index contributed by atoms with van der Waals surface area (Å²) in [6, 6.07) is 17.3. The zero-order chi connectivity index (χ0) is 20.1. The van der Waals surface area contributed by atoms with E-state index in [0.29, 0.717) is 19.6 Å². The summed E-state index contributed by atoms with van der Waals surface area (Å²) in [5.74, 6) is 2.52. The number of nitrogens with one attached hydrogen (secondary N) is 2. The van der Waals surface area contributed by atoms with E-state index in [1.807, 2.05) is 59.5 Å². The fourth-order valence-corrected chi connectivity index (χ4v) is 4.80. The summed E-state index contributed by atoms with van der Waals surface area (Å²) in [6.07, 6.45) is 0.860. The fraction of sp³-hybridized carbons (Fsp3) is 0.364. The standard InChI is InChI=1S/C22H25N3O3S/c26-20-14-23-11-12-25(20)15-17-10-13-29-21(22(27)24-17)16-6-8-19(9-7-16)28-18-4-2-1-3-5-18/h1-9,17,21,23H,10-15H2,(H,24,27)/t17-,21+/m0/s1.